The summed E-state index contributed by atoms with van der Waals surface area (Å²) >= 11 is 0. The van der Waals surface area contributed by atoms with E-state index in [9.17, 15) is 9.59 Å². The largest absolute Gasteiger partial charge is 0.465 e. The van der Waals surface area contributed by atoms with Gasteiger partial charge in [0.1, 0.15) is 0 Å². The van der Waals surface area contributed by atoms with Gasteiger partial charge in [0.05, 0.1) is 19.1 Å². The first-order chi connectivity index (χ1) is 10.9. The van der Waals surface area contributed by atoms with E-state index in [1.54, 1.807) is 0 Å². The number of carbonyl (C=O) groups excluding carboxylic acids is 2. The molecule has 0 N–H and O–H groups in total. The van der Waals surface area contributed by atoms with Crippen LogP contribution in [0, 0.1) is 18.8 Å². The molecule has 1 aromatic carbocycles. The van der Waals surface area contributed by atoms with Gasteiger partial charge in [0, 0.05) is 18.9 Å². The highest BCUT2D eigenvalue weighted by Crippen LogP contribution is 2.27. The van der Waals surface area contributed by atoms with E-state index < -0.39 is 0 Å². The lowest BCUT2D eigenvalue weighted by atomic mass is 9.98. The molecule has 1 aliphatic heterocycles. The van der Waals surface area contributed by atoms with Gasteiger partial charge in [0.2, 0.25) is 5.91 Å². The number of benzene rings is 1. The normalized spacial score (nSPS) is 18.8. The Labute approximate surface area is 138 Å². The third-order valence-corrected chi connectivity index (χ3v) is 4.39. The molecule has 0 saturated carbocycles. The molecule has 0 spiro atoms. The van der Waals surface area contributed by atoms with Crippen LogP contribution < -0.4 is 0 Å². The number of ether oxygens (including phenoxy) is 1. The quantitative estimate of drug-likeness (QED) is 0.755. The van der Waals surface area contributed by atoms with Crippen molar-refractivity contribution in [1.29, 1.82) is 0 Å². The minimum Gasteiger partial charge on any atom is -0.465 e. The smallest absolute Gasteiger partial charge is 0.306 e. The Morgan fingerprint density at radius 2 is 2.00 bits per heavy atom. The molecule has 4 nitrogen and oxygen atoms in total. The molecule has 2 rings (SSSR count). The monoisotopic (exact) mass is 317 g/mol. The van der Waals surface area contributed by atoms with Crippen LogP contribution in [-0.2, 0) is 14.3 Å². The highest BCUT2D eigenvalue weighted by Gasteiger charge is 2.30. The maximum atomic E-state index is 12.8. The van der Waals surface area contributed by atoms with Crippen LogP contribution in [0.1, 0.15) is 50.8 Å². The maximum Gasteiger partial charge on any atom is 0.306 e. The summed E-state index contributed by atoms with van der Waals surface area (Å²) in [4.78, 5) is 26.0. The molecule has 1 fully saturated rings. The van der Waals surface area contributed by atoms with Crippen molar-refractivity contribution < 1.29 is 14.3 Å². The van der Waals surface area contributed by atoms with Crippen molar-refractivity contribution in [3.8, 4) is 0 Å². The summed E-state index contributed by atoms with van der Waals surface area (Å²) in [6, 6.07) is 8.22. The molecule has 1 amide bonds. The molecule has 126 valence electrons. The van der Waals surface area contributed by atoms with E-state index in [1.807, 2.05) is 17.0 Å². The number of aryl methyl sites for hydroxylation is 1. The van der Waals surface area contributed by atoms with Gasteiger partial charge in [-0.25, -0.2) is 0 Å². The van der Waals surface area contributed by atoms with Crippen LogP contribution in [0.3, 0.4) is 0 Å². The van der Waals surface area contributed by atoms with Crippen LogP contribution in [0.2, 0.25) is 0 Å². The third kappa shape index (κ3) is 4.57. The van der Waals surface area contributed by atoms with Gasteiger partial charge in [0.15, 0.2) is 0 Å². The Kier molecular flexibility index (Phi) is 5.80. The molecule has 0 aromatic heterocycles. The maximum absolute atomic E-state index is 12.8. The highest BCUT2D eigenvalue weighted by atomic mass is 16.5. The van der Waals surface area contributed by atoms with E-state index in [1.165, 1.54) is 11.1 Å². The number of esters is 1. The standard InChI is InChI=1S/C19H27NO3/c1-13(2)11-20(15(4)17-8-6-5-7-14(17)3)18(21)9-16-10-19(22)23-12-16/h5-8,13,15-16H,9-12H2,1-4H3/t15-,16-/m1/s1. The second kappa shape index (κ2) is 7.62. The third-order valence-electron chi connectivity index (χ3n) is 4.39. The second-order valence-electron chi connectivity index (χ2n) is 6.93. The van der Waals surface area contributed by atoms with E-state index in [4.69, 9.17) is 4.74 Å². The Bertz CT molecular complexity index is 567. The molecule has 4 heteroatoms. The Morgan fingerprint density at radius 3 is 2.57 bits per heavy atom. The molecule has 1 aromatic rings. The first kappa shape index (κ1) is 17.5. The number of nitrogens with zero attached hydrogens (tertiary/aromatic N) is 1. The van der Waals surface area contributed by atoms with Gasteiger partial charge < -0.3 is 9.64 Å². The fraction of sp³-hybridized carbons (Fsp3) is 0.579. The van der Waals surface area contributed by atoms with Crippen molar-refractivity contribution in [2.24, 2.45) is 11.8 Å². The lowest BCUT2D eigenvalue weighted by molar-refractivity contribution is -0.138. The Morgan fingerprint density at radius 1 is 1.30 bits per heavy atom. The number of hydrogen-bond donors (Lipinski definition) is 0. The SMILES string of the molecule is Cc1ccccc1[C@@H](C)N(CC(C)C)C(=O)C[C@H]1COC(=O)C1. The minimum atomic E-state index is -0.190. The van der Waals surface area contributed by atoms with Crippen LogP contribution in [-0.4, -0.2) is 29.9 Å². The van der Waals surface area contributed by atoms with Gasteiger partial charge >= 0.3 is 5.97 Å². The summed E-state index contributed by atoms with van der Waals surface area (Å²) in [7, 11) is 0. The predicted octanol–water partition coefficient (Wildman–Crippen LogP) is 3.49. The average molecular weight is 317 g/mol. The highest BCUT2D eigenvalue weighted by molar-refractivity contribution is 5.79. The zero-order chi connectivity index (χ0) is 17.0. The first-order valence-corrected chi connectivity index (χ1v) is 8.39. The van der Waals surface area contributed by atoms with Crippen molar-refractivity contribution in [3.63, 3.8) is 0 Å². The zero-order valence-electron chi connectivity index (χ0n) is 14.5. The van der Waals surface area contributed by atoms with Crippen molar-refractivity contribution in [1.82, 2.24) is 4.90 Å². The molecule has 23 heavy (non-hydrogen) atoms. The number of cyclic esters (lactones) is 1. The van der Waals surface area contributed by atoms with E-state index in [0.717, 1.165) is 6.54 Å². The lowest BCUT2D eigenvalue weighted by Crippen LogP contribution is -2.37. The number of hydrogen-bond acceptors (Lipinski definition) is 3. The minimum absolute atomic E-state index is 0.0220. The summed E-state index contributed by atoms with van der Waals surface area (Å²) in [5.41, 5.74) is 2.38. The van der Waals surface area contributed by atoms with E-state index in [-0.39, 0.29) is 23.8 Å². The number of rotatable bonds is 6. The summed E-state index contributed by atoms with van der Waals surface area (Å²) in [5, 5.41) is 0. The van der Waals surface area contributed by atoms with E-state index in [0.29, 0.717) is 25.4 Å². The van der Waals surface area contributed by atoms with Gasteiger partial charge in [-0.15, -0.1) is 0 Å². The molecular formula is C19H27NO3. The lowest BCUT2D eigenvalue weighted by Gasteiger charge is -2.32. The molecule has 0 radical (unpaired) electrons. The first-order valence-electron chi connectivity index (χ1n) is 8.39. The van der Waals surface area contributed by atoms with Crippen LogP contribution in [0.15, 0.2) is 24.3 Å². The summed E-state index contributed by atoms with van der Waals surface area (Å²) < 4.78 is 4.98. The Balaban J connectivity index is 2.14. The molecule has 0 unspecified atom stereocenters. The van der Waals surface area contributed by atoms with E-state index >= 15 is 0 Å². The van der Waals surface area contributed by atoms with Crippen LogP contribution in [0.5, 0.6) is 0 Å². The summed E-state index contributed by atoms with van der Waals surface area (Å²) in [6.45, 7) is 9.49. The topological polar surface area (TPSA) is 46.6 Å². The average Bonchev–Trinajstić information content (AvgIpc) is 2.89. The van der Waals surface area contributed by atoms with Gasteiger partial charge in [0.25, 0.3) is 0 Å². The van der Waals surface area contributed by atoms with Gasteiger partial charge in [-0.05, 0) is 30.9 Å². The molecule has 1 saturated heterocycles. The zero-order valence-corrected chi connectivity index (χ0v) is 14.5. The fourth-order valence-corrected chi connectivity index (χ4v) is 3.15. The van der Waals surface area contributed by atoms with Crippen molar-refractivity contribution >= 4 is 11.9 Å². The van der Waals surface area contributed by atoms with Crippen molar-refractivity contribution in [2.75, 3.05) is 13.2 Å². The van der Waals surface area contributed by atoms with Gasteiger partial charge in [-0.2, -0.15) is 0 Å². The van der Waals surface area contributed by atoms with Crippen molar-refractivity contribution in [3.05, 3.63) is 35.4 Å². The summed E-state index contributed by atoms with van der Waals surface area (Å²) in [6.07, 6.45) is 0.745. The molecule has 1 heterocycles. The second-order valence-corrected chi connectivity index (χ2v) is 6.93. The molecule has 0 bridgehead atoms. The van der Waals surface area contributed by atoms with Crippen LogP contribution >= 0.6 is 0 Å². The van der Waals surface area contributed by atoms with Crippen LogP contribution in [0.4, 0.5) is 0 Å². The Hall–Kier alpha value is -1.84. The fourth-order valence-electron chi connectivity index (χ4n) is 3.15. The van der Waals surface area contributed by atoms with Gasteiger partial charge in [-0.3, -0.25) is 9.59 Å². The molecule has 2 atom stereocenters. The number of amides is 1. The molecule has 1 aliphatic rings. The summed E-state index contributed by atoms with van der Waals surface area (Å²) in [5.74, 6) is 0.337. The predicted molar refractivity (Wildman–Crippen MR) is 89.8 cm³/mol. The molecular weight excluding hydrogens is 290 g/mol. The van der Waals surface area contributed by atoms with E-state index in [2.05, 4.69) is 39.8 Å². The van der Waals surface area contributed by atoms with Crippen LogP contribution in [0.25, 0.3) is 0 Å². The molecule has 0 aliphatic carbocycles. The van der Waals surface area contributed by atoms with Crippen molar-refractivity contribution in [2.45, 2.75) is 46.6 Å². The van der Waals surface area contributed by atoms with Gasteiger partial charge in [-0.1, -0.05) is 38.1 Å². The number of carbonyl (C=O) groups is 2.